The maximum Gasteiger partial charge on any atom is 0.394 e. The van der Waals surface area contributed by atoms with E-state index in [-0.39, 0.29) is 30.1 Å². The molecule has 0 aliphatic heterocycles. The number of aromatic nitrogens is 3. The zero-order valence-corrected chi connectivity index (χ0v) is 31.0. The second-order valence-electron chi connectivity index (χ2n) is 11.1. The van der Waals surface area contributed by atoms with Crippen molar-refractivity contribution in [3.05, 3.63) is 106 Å². The van der Waals surface area contributed by atoms with Gasteiger partial charge in [0, 0.05) is 29.4 Å². The summed E-state index contributed by atoms with van der Waals surface area (Å²) in [5.41, 5.74) is 0.901. The van der Waals surface area contributed by atoms with Crippen LogP contribution in [0.4, 0.5) is 10.1 Å². The summed E-state index contributed by atoms with van der Waals surface area (Å²) in [6.07, 6.45) is 0.941. The van der Waals surface area contributed by atoms with Gasteiger partial charge in [0.05, 0.1) is 37.1 Å². The number of likely N-dealkylation sites (N-methyl/N-ethyl adjacent to an activating group) is 1. The van der Waals surface area contributed by atoms with Crippen LogP contribution in [0.15, 0.2) is 83.8 Å². The van der Waals surface area contributed by atoms with Crippen LogP contribution in [-0.2, 0) is 36.9 Å². The number of pyridine rings is 1. The summed E-state index contributed by atoms with van der Waals surface area (Å²) in [7, 11) is -6.15. The molecule has 6 N–H and O–H groups in total. The Balaban J connectivity index is 0.000000721. The van der Waals surface area contributed by atoms with E-state index in [1.165, 1.54) is 16.8 Å². The van der Waals surface area contributed by atoms with Crippen molar-refractivity contribution in [3.63, 3.8) is 0 Å². The van der Waals surface area contributed by atoms with E-state index in [4.69, 9.17) is 49.3 Å². The first-order valence-electron chi connectivity index (χ1n) is 15.5. The van der Waals surface area contributed by atoms with Crippen LogP contribution >= 0.6 is 0 Å². The van der Waals surface area contributed by atoms with Gasteiger partial charge in [-0.2, -0.15) is 16.8 Å². The van der Waals surface area contributed by atoms with E-state index in [1.54, 1.807) is 93.5 Å². The van der Waals surface area contributed by atoms with Gasteiger partial charge in [-0.25, -0.2) is 9.07 Å². The minimum atomic E-state index is -4.67. The zero-order chi connectivity index (χ0) is 41.1. The number of methoxy groups -OCH3 is 1. The molecule has 3 aromatic carbocycles. The Morgan fingerprint density at radius 2 is 1.56 bits per heavy atom. The fraction of sp³-hybridized carbons (Fsp3) is 0.212. The molecule has 0 bridgehead atoms. The number of hydrogen-bond acceptors (Lipinski definition) is 12. The third-order valence-electron chi connectivity index (χ3n) is 7.03. The first kappa shape index (κ1) is 43.7. The molecule has 1 amide bonds. The number of benzene rings is 3. The highest BCUT2D eigenvalue weighted by atomic mass is 32.3. The van der Waals surface area contributed by atoms with Crippen molar-refractivity contribution >= 4 is 49.3 Å². The summed E-state index contributed by atoms with van der Waals surface area (Å²) in [6.45, 7) is 3.47. The van der Waals surface area contributed by atoms with Crippen molar-refractivity contribution in [1.29, 1.82) is 0 Å². The summed E-state index contributed by atoms with van der Waals surface area (Å²) in [5, 5.41) is 6.03. The van der Waals surface area contributed by atoms with Crippen LogP contribution < -0.4 is 25.7 Å². The van der Waals surface area contributed by atoms with E-state index < -0.39 is 50.2 Å². The lowest BCUT2D eigenvalue weighted by Crippen LogP contribution is -2.30. The summed E-state index contributed by atoms with van der Waals surface area (Å²) < 4.78 is 97.9. The summed E-state index contributed by atoms with van der Waals surface area (Å²) in [6, 6.07) is 19.7. The molecule has 19 nitrogen and oxygen atoms in total. The standard InChI is InChI=1S/C33H32FN5O6.2H2O4S/c1-20(44-30(40)18-35-3)19-38-21(2)31(33(42)39(38)23-8-6-5-7-9-23)32(41)37-22-10-13-29(26(34)16-22)45-28-14-15-36-27-17-24(43-4)11-12-25(27)28;2*1-5(2,3)4/h5-17,20,35H,18-19H2,1-4H3,(H,37,41);2*(H2,1,2,3,4)/t20-;;/m1../s1. The third-order valence-corrected chi connectivity index (χ3v) is 7.03. The maximum atomic E-state index is 15.2. The Morgan fingerprint density at radius 1 is 0.927 bits per heavy atom. The first-order chi connectivity index (χ1) is 25.7. The molecule has 0 aliphatic rings. The molecule has 0 saturated carbocycles. The molecule has 0 radical (unpaired) electrons. The number of amides is 1. The number of nitrogens with one attached hydrogen (secondary N) is 2. The van der Waals surface area contributed by atoms with Crippen LogP contribution in [0, 0.1) is 12.7 Å². The Labute approximate surface area is 313 Å². The molecule has 1 atom stereocenters. The van der Waals surface area contributed by atoms with Crippen molar-refractivity contribution in [3.8, 4) is 22.9 Å². The second kappa shape index (κ2) is 19.0. The van der Waals surface area contributed by atoms with Gasteiger partial charge in [0.15, 0.2) is 11.6 Å². The van der Waals surface area contributed by atoms with E-state index in [1.807, 2.05) is 0 Å². The molecule has 0 fully saturated rings. The molecule has 22 heteroatoms. The second-order valence-corrected chi connectivity index (χ2v) is 12.9. The van der Waals surface area contributed by atoms with Crippen molar-refractivity contribution < 1.29 is 63.2 Å². The van der Waals surface area contributed by atoms with Crippen molar-refractivity contribution in [2.75, 3.05) is 26.0 Å². The van der Waals surface area contributed by atoms with Crippen LogP contribution in [-0.4, -0.2) is 88.1 Å². The minimum absolute atomic E-state index is 0.0307. The van der Waals surface area contributed by atoms with Gasteiger partial charge in [-0.3, -0.25) is 42.3 Å². The number of fused-ring (bicyclic) bond motifs is 1. The molecule has 5 aromatic rings. The van der Waals surface area contributed by atoms with Crippen molar-refractivity contribution in [2.24, 2.45) is 0 Å². The molecule has 0 saturated heterocycles. The highest BCUT2D eigenvalue weighted by molar-refractivity contribution is 7.80. The first-order valence-corrected chi connectivity index (χ1v) is 18.3. The van der Waals surface area contributed by atoms with Crippen LogP contribution in [0.5, 0.6) is 17.2 Å². The Morgan fingerprint density at radius 3 is 2.15 bits per heavy atom. The fourth-order valence-electron chi connectivity index (χ4n) is 4.94. The van der Waals surface area contributed by atoms with Crippen LogP contribution in [0.3, 0.4) is 0 Å². The molecule has 0 aliphatic carbocycles. The number of hydrogen-bond donors (Lipinski definition) is 6. The number of esters is 1. The van der Waals surface area contributed by atoms with Gasteiger partial charge in [-0.05, 0) is 63.4 Å². The molecule has 0 unspecified atom stereocenters. The Hall–Kier alpha value is -5.75. The van der Waals surface area contributed by atoms with Gasteiger partial charge in [0.1, 0.15) is 23.2 Å². The molecule has 296 valence electrons. The lowest BCUT2D eigenvalue weighted by Gasteiger charge is -2.18. The van der Waals surface area contributed by atoms with Crippen LogP contribution in [0.25, 0.3) is 16.6 Å². The third kappa shape index (κ3) is 13.6. The normalized spacial score (nSPS) is 11.7. The molecule has 2 heterocycles. The number of rotatable bonds is 11. The average molecular weight is 810 g/mol. The van der Waals surface area contributed by atoms with Crippen LogP contribution in [0.1, 0.15) is 23.0 Å². The number of carbonyl (C=O) groups excluding carboxylic acids is 2. The van der Waals surface area contributed by atoms with Crippen LogP contribution in [0.2, 0.25) is 0 Å². The molecular formula is C33H36FN5O14S2. The van der Waals surface area contributed by atoms with Gasteiger partial charge < -0.3 is 24.8 Å². The van der Waals surface area contributed by atoms with E-state index in [0.717, 1.165) is 6.07 Å². The highest BCUT2D eigenvalue weighted by Gasteiger charge is 2.26. The number of para-hydroxylation sites is 1. The topological polar surface area (TPSA) is 275 Å². The number of nitrogens with zero attached hydrogens (tertiary/aromatic N) is 3. The molecule has 0 spiro atoms. The number of carbonyl (C=O) groups is 2. The number of anilines is 1. The van der Waals surface area contributed by atoms with Gasteiger partial charge in [-0.1, -0.05) is 18.2 Å². The smallest absolute Gasteiger partial charge is 0.394 e. The van der Waals surface area contributed by atoms with E-state index >= 15 is 4.39 Å². The van der Waals surface area contributed by atoms with Gasteiger partial charge >= 0.3 is 26.8 Å². The lowest BCUT2D eigenvalue weighted by atomic mass is 10.2. The summed E-state index contributed by atoms with van der Waals surface area (Å²) in [4.78, 5) is 43.5. The highest BCUT2D eigenvalue weighted by Crippen LogP contribution is 2.33. The molecular weight excluding hydrogens is 774 g/mol. The summed E-state index contributed by atoms with van der Waals surface area (Å²) >= 11 is 0. The molecule has 55 heavy (non-hydrogen) atoms. The molecule has 2 aromatic heterocycles. The van der Waals surface area contributed by atoms with Gasteiger partial charge in [-0.15, -0.1) is 0 Å². The van der Waals surface area contributed by atoms with Crippen molar-refractivity contribution in [2.45, 2.75) is 26.5 Å². The monoisotopic (exact) mass is 809 g/mol. The zero-order valence-electron chi connectivity index (χ0n) is 29.4. The summed E-state index contributed by atoms with van der Waals surface area (Å²) in [5.74, 6) is -0.938. The maximum absolute atomic E-state index is 15.2. The van der Waals surface area contributed by atoms with E-state index in [0.29, 0.717) is 33.8 Å². The minimum Gasteiger partial charge on any atom is -0.497 e. The van der Waals surface area contributed by atoms with Gasteiger partial charge in [0.25, 0.3) is 11.5 Å². The SMILES string of the molecule is CNCC(=O)O[C@H](C)Cn1c(C)c(C(=O)Nc2ccc(Oc3ccnc4cc(OC)ccc34)c(F)c2)c(=O)n1-c1ccccc1.O=S(=O)(O)O.O=S(=O)(O)O. The quantitative estimate of drug-likeness (QED) is 0.0822. The predicted molar refractivity (Wildman–Crippen MR) is 195 cm³/mol. The average Bonchev–Trinajstić information content (AvgIpc) is 3.32. The van der Waals surface area contributed by atoms with E-state index in [2.05, 4.69) is 15.6 Å². The Kier molecular flexibility index (Phi) is 15.1. The Bertz CT molecular complexity index is 2380. The fourth-order valence-corrected chi connectivity index (χ4v) is 4.94. The van der Waals surface area contributed by atoms with Gasteiger partial charge in [0.2, 0.25) is 0 Å². The largest absolute Gasteiger partial charge is 0.497 e. The molecule has 5 rings (SSSR count). The number of ether oxygens (including phenoxy) is 3. The number of halogens is 1. The van der Waals surface area contributed by atoms with E-state index in [9.17, 15) is 14.4 Å². The lowest BCUT2D eigenvalue weighted by molar-refractivity contribution is -0.147. The van der Waals surface area contributed by atoms with Crippen molar-refractivity contribution in [1.82, 2.24) is 19.7 Å². The predicted octanol–water partition coefficient (Wildman–Crippen LogP) is 3.53.